The molecular weight excluding hydrogens is 204 g/mol. The van der Waals surface area contributed by atoms with Gasteiger partial charge in [-0.2, -0.15) is 5.10 Å². The van der Waals surface area contributed by atoms with E-state index in [1.165, 1.54) is 0 Å². The number of aliphatic hydroxyl groups is 1. The highest BCUT2D eigenvalue weighted by atomic mass is 16.2. The van der Waals surface area contributed by atoms with Crippen LogP contribution in [-0.4, -0.2) is 21.9 Å². The minimum atomic E-state index is -0.00714. The molecule has 0 saturated heterocycles. The maximum Gasteiger partial charge on any atom is 0.211 e. The number of benzene rings is 1. The van der Waals surface area contributed by atoms with Crippen LogP contribution in [-0.2, 0) is 6.42 Å². The molecule has 4 heteroatoms. The molecule has 0 radical (unpaired) electrons. The zero-order valence-electron chi connectivity index (χ0n) is 8.94. The summed E-state index contributed by atoms with van der Waals surface area (Å²) in [6.07, 6.45) is 2.10. The van der Waals surface area contributed by atoms with E-state index in [1.54, 1.807) is 6.07 Å². The predicted octanol–water partition coefficient (Wildman–Crippen LogP) is 1.24. The van der Waals surface area contributed by atoms with Crippen molar-refractivity contribution >= 4 is 10.9 Å². The summed E-state index contributed by atoms with van der Waals surface area (Å²) in [5, 5.41) is 16.3. The van der Waals surface area contributed by atoms with Crippen molar-refractivity contribution in [2.24, 2.45) is 0 Å². The third-order valence-electron chi connectivity index (χ3n) is 2.57. The largest absolute Gasteiger partial charge is 0.396 e. The number of aryl methyl sites for hydroxylation is 1. The van der Waals surface area contributed by atoms with Gasteiger partial charge in [0.05, 0.1) is 5.52 Å². The van der Waals surface area contributed by atoms with Crippen LogP contribution < -0.4 is 5.43 Å². The smallest absolute Gasteiger partial charge is 0.211 e. The van der Waals surface area contributed by atoms with E-state index in [0.29, 0.717) is 23.9 Å². The molecule has 2 rings (SSSR count). The summed E-state index contributed by atoms with van der Waals surface area (Å²) in [6, 6.07) is 7.34. The number of nitrogens with zero attached hydrogens (tertiary/aromatic N) is 1. The van der Waals surface area contributed by atoms with Crippen molar-refractivity contribution in [1.29, 1.82) is 0 Å². The van der Waals surface area contributed by atoms with Gasteiger partial charge in [0.25, 0.3) is 0 Å². The fourth-order valence-electron chi connectivity index (χ4n) is 1.69. The molecule has 0 aliphatic carbocycles. The van der Waals surface area contributed by atoms with Crippen LogP contribution in [0.1, 0.15) is 18.5 Å². The van der Waals surface area contributed by atoms with Gasteiger partial charge in [-0.3, -0.25) is 9.89 Å². The Morgan fingerprint density at radius 1 is 1.25 bits per heavy atom. The Morgan fingerprint density at radius 2 is 2.06 bits per heavy atom. The van der Waals surface area contributed by atoms with E-state index in [4.69, 9.17) is 5.11 Å². The van der Waals surface area contributed by atoms with E-state index in [-0.39, 0.29) is 12.0 Å². The Labute approximate surface area is 92.9 Å². The standard InChI is InChI=1S/C12H14N2O2/c15-8-4-3-7-11-12(16)9-5-1-2-6-10(9)13-14-11/h1-2,5-6,15H,3-4,7-8H2,(H,13,16). The monoisotopic (exact) mass is 218 g/mol. The van der Waals surface area contributed by atoms with E-state index in [0.717, 1.165) is 11.9 Å². The van der Waals surface area contributed by atoms with Crippen molar-refractivity contribution in [2.75, 3.05) is 6.61 Å². The second-order valence-electron chi connectivity index (χ2n) is 3.73. The number of unbranched alkanes of at least 4 members (excludes halogenated alkanes) is 1. The van der Waals surface area contributed by atoms with Gasteiger partial charge < -0.3 is 5.11 Å². The lowest BCUT2D eigenvalue weighted by Crippen LogP contribution is -2.13. The molecule has 0 bridgehead atoms. The SMILES string of the molecule is O=c1c(CCCCO)n[nH]c2ccccc12. The number of H-pyrrole nitrogens is 1. The average Bonchev–Trinajstić information content (AvgIpc) is 2.33. The maximum absolute atomic E-state index is 12.0. The number of rotatable bonds is 4. The normalized spacial score (nSPS) is 10.8. The molecule has 1 aromatic heterocycles. The molecule has 0 saturated carbocycles. The Hall–Kier alpha value is -1.68. The minimum absolute atomic E-state index is 0.00714. The Kier molecular flexibility index (Phi) is 3.31. The summed E-state index contributed by atoms with van der Waals surface area (Å²) in [5.41, 5.74) is 1.30. The highest BCUT2D eigenvalue weighted by molar-refractivity contribution is 5.77. The van der Waals surface area contributed by atoms with E-state index in [2.05, 4.69) is 10.2 Å². The van der Waals surface area contributed by atoms with Crippen molar-refractivity contribution in [1.82, 2.24) is 10.2 Å². The van der Waals surface area contributed by atoms with Gasteiger partial charge in [-0.05, 0) is 31.4 Å². The summed E-state index contributed by atoms with van der Waals surface area (Å²) in [6.45, 7) is 0.158. The lowest BCUT2D eigenvalue weighted by molar-refractivity contribution is 0.284. The third kappa shape index (κ3) is 2.12. The van der Waals surface area contributed by atoms with Crippen molar-refractivity contribution in [3.8, 4) is 0 Å². The summed E-state index contributed by atoms with van der Waals surface area (Å²) in [5.74, 6) is 0. The fourth-order valence-corrected chi connectivity index (χ4v) is 1.69. The molecule has 2 N–H and O–H groups in total. The van der Waals surface area contributed by atoms with Gasteiger partial charge >= 0.3 is 0 Å². The molecular formula is C12H14N2O2. The molecule has 0 aliphatic heterocycles. The molecule has 84 valence electrons. The molecule has 4 nitrogen and oxygen atoms in total. The molecule has 0 spiro atoms. The number of nitrogens with one attached hydrogen (secondary N) is 1. The van der Waals surface area contributed by atoms with Crippen LogP contribution in [0.4, 0.5) is 0 Å². The van der Waals surface area contributed by atoms with E-state index < -0.39 is 0 Å². The molecule has 0 aliphatic rings. The number of aliphatic hydroxyl groups excluding tert-OH is 1. The first-order valence-corrected chi connectivity index (χ1v) is 5.40. The van der Waals surface area contributed by atoms with Gasteiger partial charge in [0.15, 0.2) is 0 Å². The van der Waals surface area contributed by atoms with Gasteiger partial charge in [-0.15, -0.1) is 0 Å². The van der Waals surface area contributed by atoms with Crippen LogP contribution in [0.2, 0.25) is 0 Å². The molecule has 0 fully saturated rings. The summed E-state index contributed by atoms with van der Waals surface area (Å²) in [4.78, 5) is 12.0. The highest BCUT2D eigenvalue weighted by Crippen LogP contribution is 2.06. The van der Waals surface area contributed by atoms with E-state index >= 15 is 0 Å². The zero-order chi connectivity index (χ0) is 11.4. The topological polar surface area (TPSA) is 66.0 Å². The van der Waals surface area contributed by atoms with Gasteiger partial charge in [0.2, 0.25) is 5.43 Å². The van der Waals surface area contributed by atoms with Crippen LogP contribution in [0.3, 0.4) is 0 Å². The molecule has 1 aromatic carbocycles. The second-order valence-corrected chi connectivity index (χ2v) is 3.73. The first-order chi connectivity index (χ1) is 7.83. The predicted molar refractivity (Wildman–Crippen MR) is 62.4 cm³/mol. The van der Waals surface area contributed by atoms with E-state index in [9.17, 15) is 4.79 Å². The number of hydrogen-bond donors (Lipinski definition) is 2. The maximum atomic E-state index is 12.0. The van der Waals surface area contributed by atoms with Crippen LogP contribution in [0, 0.1) is 0 Å². The van der Waals surface area contributed by atoms with Crippen molar-refractivity contribution < 1.29 is 5.11 Å². The number of fused-ring (bicyclic) bond motifs is 1. The average molecular weight is 218 g/mol. The van der Waals surface area contributed by atoms with Gasteiger partial charge in [-0.25, -0.2) is 0 Å². The molecule has 0 amide bonds. The Balaban J connectivity index is 2.33. The summed E-state index contributed by atoms with van der Waals surface area (Å²) < 4.78 is 0. The molecule has 2 aromatic rings. The number of para-hydroxylation sites is 1. The number of aromatic amines is 1. The van der Waals surface area contributed by atoms with Gasteiger partial charge in [-0.1, -0.05) is 12.1 Å². The van der Waals surface area contributed by atoms with Crippen molar-refractivity contribution in [3.63, 3.8) is 0 Å². The first kappa shape index (κ1) is 10.8. The number of aromatic nitrogens is 2. The van der Waals surface area contributed by atoms with Crippen LogP contribution in [0.5, 0.6) is 0 Å². The summed E-state index contributed by atoms with van der Waals surface area (Å²) in [7, 11) is 0. The fraction of sp³-hybridized carbons (Fsp3) is 0.333. The van der Waals surface area contributed by atoms with Crippen molar-refractivity contribution in [2.45, 2.75) is 19.3 Å². The number of hydrogen-bond acceptors (Lipinski definition) is 3. The minimum Gasteiger partial charge on any atom is -0.396 e. The third-order valence-corrected chi connectivity index (χ3v) is 2.57. The van der Waals surface area contributed by atoms with Crippen LogP contribution >= 0.6 is 0 Å². The van der Waals surface area contributed by atoms with Crippen LogP contribution in [0.15, 0.2) is 29.1 Å². The molecule has 16 heavy (non-hydrogen) atoms. The molecule has 0 unspecified atom stereocenters. The Bertz CT molecular complexity index is 534. The second kappa shape index (κ2) is 4.90. The molecule has 0 atom stereocenters. The lowest BCUT2D eigenvalue weighted by atomic mass is 10.1. The van der Waals surface area contributed by atoms with Gasteiger partial charge in [0, 0.05) is 12.0 Å². The Morgan fingerprint density at radius 3 is 2.88 bits per heavy atom. The van der Waals surface area contributed by atoms with Crippen LogP contribution in [0.25, 0.3) is 10.9 Å². The summed E-state index contributed by atoms with van der Waals surface area (Å²) >= 11 is 0. The van der Waals surface area contributed by atoms with Crippen molar-refractivity contribution in [3.05, 3.63) is 40.2 Å². The zero-order valence-corrected chi connectivity index (χ0v) is 8.94. The van der Waals surface area contributed by atoms with E-state index in [1.807, 2.05) is 18.2 Å². The lowest BCUT2D eigenvalue weighted by Gasteiger charge is -2.01. The highest BCUT2D eigenvalue weighted by Gasteiger charge is 2.05. The quantitative estimate of drug-likeness (QED) is 0.759. The molecule has 1 heterocycles. The first-order valence-electron chi connectivity index (χ1n) is 5.40. The van der Waals surface area contributed by atoms with Gasteiger partial charge in [0.1, 0.15) is 5.69 Å².